The SMILES string of the molecule is C=CCN1CC(C(=O)N(CC)CC)C=C2c3cccc4[nH]cc(c34)C(C(N)=O)[C@H]21. The fraction of sp³-hybridized carbons (Fsp3) is 0.391. The highest BCUT2D eigenvalue weighted by atomic mass is 16.2. The standard InChI is InChI=1S/C23H28N4O2/c1-4-10-27-13-14(23(29)26(5-2)6-3)11-16-15-8-7-9-18-19(15)17(12-25-18)20(21(16)27)22(24)28/h4,7-9,11-12,14,20-21,25H,1,5-6,10,13H2,2-3H3,(H2,24,28)/t14?,20?,21-/m0/s1. The zero-order valence-corrected chi connectivity index (χ0v) is 17.0. The molecule has 3 N–H and O–H groups in total. The molecule has 2 amide bonds. The maximum absolute atomic E-state index is 13.2. The highest BCUT2D eigenvalue weighted by Gasteiger charge is 2.45. The molecule has 1 aliphatic heterocycles. The molecule has 0 bridgehead atoms. The predicted octanol–water partition coefficient (Wildman–Crippen LogP) is 2.49. The quantitative estimate of drug-likeness (QED) is 0.741. The van der Waals surface area contributed by atoms with E-state index >= 15 is 0 Å². The van der Waals surface area contributed by atoms with E-state index in [9.17, 15) is 9.59 Å². The second-order valence-electron chi connectivity index (χ2n) is 7.78. The average Bonchev–Trinajstić information content (AvgIpc) is 3.14. The number of H-pyrrole nitrogens is 1. The Hall–Kier alpha value is -2.86. The fourth-order valence-electron chi connectivity index (χ4n) is 5.02. The van der Waals surface area contributed by atoms with Gasteiger partial charge in [0.25, 0.3) is 0 Å². The highest BCUT2D eigenvalue weighted by Crippen LogP contribution is 2.47. The smallest absolute Gasteiger partial charge is 0.230 e. The molecule has 6 nitrogen and oxygen atoms in total. The topological polar surface area (TPSA) is 82.4 Å². The average molecular weight is 393 g/mol. The van der Waals surface area contributed by atoms with Gasteiger partial charge in [-0.15, -0.1) is 6.58 Å². The Bertz CT molecular complexity index is 1000. The second-order valence-corrected chi connectivity index (χ2v) is 7.78. The van der Waals surface area contributed by atoms with Crippen molar-refractivity contribution in [3.05, 3.63) is 54.3 Å². The van der Waals surface area contributed by atoms with E-state index in [2.05, 4.69) is 28.6 Å². The van der Waals surface area contributed by atoms with Gasteiger partial charge in [0.05, 0.1) is 17.9 Å². The number of nitrogens with two attached hydrogens (primary N) is 1. The van der Waals surface area contributed by atoms with Crippen molar-refractivity contribution in [1.82, 2.24) is 14.8 Å². The van der Waals surface area contributed by atoms with E-state index in [0.717, 1.165) is 27.6 Å². The summed E-state index contributed by atoms with van der Waals surface area (Å²) >= 11 is 0. The lowest BCUT2D eigenvalue weighted by Crippen LogP contribution is -2.52. The van der Waals surface area contributed by atoms with Gasteiger partial charge in [-0.2, -0.15) is 0 Å². The van der Waals surface area contributed by atoms with Crippen molar-refractivity contribution < 1.29 is 9.59 Å². The number of aromatic amines is 1. The van der Waals surface area contributed by atoms with E-state index in [1.807, 2.05) is 43.2 Å². The second kappa shape index (κ2) is 7.52. The molecule has 0 radical (unpaired) electrons. The van der Waals surface area contributed by atoms with E-state index in [1.54, 1.807) is 0 Å². The van der Waals surface area contributed by atoms with Crippen LogP contribution in [0, 0.1) is 5.92 Å². The molecule has 3 atom stereocenters. The number of aromatic nitrogens is 1. The van der Waals surface area contributed by atoms with Crippen molar-refractivity contribution in [3.63, 3.8) is 0 Å². The van der Waals surface area contributed by atoms with Crippen LogP contribution in [0.3, 0.4) is 0 Å². The number of carbonyl (C=O) groups excluding carboxylic acids is 2. The number of fused-ring (bicyclic) bond motifs is 2. The first-order valence-electron chi connectivity index (χ1n) is 10.3. The molecule has 0 saturated heterocycles. The van der Waals surface area contributed by atoms with Crippen LogP contribution in [0.2, 0.25) is 0 Å². The molecule has 0 saturated carbocycles. The van der Waals surface area contributed by atoms with Crippen LogP contribution in [0.4, 0.5) is 0 Å². The van der Waals surface area contributed by atoms with Crippen LogP contribution in [0.1, 0.15) is 30.9 Å². The lowest BCUT2D eigenvalue weighted by Gasteiger charge is -2.44. The van der Waals surface area contributed by atoms with Crippen LogP contribution < -0.4 is 5.73 Å². The van der Waals surface area contributed by atoms with E-state index in [-0.39, 0.29) is 23.8 Å². The summed E-state index contributed by atoms with van der Waals surface area (Å²) in [5.74, 6) is -0.948. The summed E-state index contributed by atoms with van der Waals surface area (Å²) in [4.78, 5) is 33.1. The molecule has 0 spiro atoms. The van der Waals surface area contributed by atoms with Crippen molar-refractivity contribution in [2.75, 3.05) is 26.2 Å². The number of rotatable bonds is 6. The van der Waals surface area contributed by atoms with Crippen LogP contribution in [0.15, 0.2) is 43.1 Å². The summed E-state index contributed by atoms with van der Waals surface area (Å²) in [6, 6.07) is 5.89. The molecular weight excluding hydrogens is 364 g/mol. The van der Waals surface area contributed by atoms with Gasteiger partial charge in [-0.3, -0.25) is 14.5 Å². The minimum atomic E-state index is -0.464. The van der Waals surface area contributed by atoms with Crippen molar-refractivity contribution in [2.45, 2.75) is 25.8 Å². The first kappa shape index (κ1) is 19.5. The van der Waals surface area contributed by atoms with Gasteiger partial charge in [0.15, 0.2) is 0 Å². The third kappa shape index (κ3) is 2.99. The molecule has 4 rings (SSSR count). The van der Waals surface area contributed by atoms with Gasteiger partial charge in [0.2, 0.25) is 11.8 Å². The van der Waals surface area contributed by atoms with Crippen LogP contribution in [0.25, 0.3) is 16.5 Å². The number of amides is 2. The van der Waals surface area contributed by atoms with Crippen LogP contribution in [0.5, 0.6) is 0 Å². The number of nitrogens with one attached hydrogen (secondary N) is 1. The summed E-state index contributed by atoms with van der Waals surface area (Å²) in [5, 5.41) is 1.04. The molecule has 2 heterocycles. The zero-order valence-electron chi connectivity index (χ0n) is 17.0. The van der Waals surface area contributed by atoms with Crippen molar-refractivity contribution in [2.24, 2.45) is 11.7 Å². The number of carbonyl (C=O) groups is 2. The lowest BCUT2D eigenvalue weighted by atomic mass is 9.73. The van der Waals surface area contributed by atoms with Crippen molar-refractivity contribution >= 4 is 28.3 Å². The van der Waals surface area contributed by atoms with E-state index in [1.165, 1.54) is 0 Å². The normalized spacial score (nSPS) is 23.4. The summed E-state index contributed by atoms with van der Waals surface area (Å²) in [6.07, 6.45) is 5.80. The Morgan fingerprint density at radius 2 is 2.10 bits per heavy atom. The first-order valence-corrected chi connectivity index (χ1v) is 10.3. The molecule has 1 aromatic heterocycles. The Labute approximate surface area is 171 Å². The minimum absolute atomic E-state index is 0.123. The third-order valence-electron chi connectivity index (χ3n) is 6.28. The van der Waals surface area contributed by atoms with Crippen LogP contribution in [-0.2, 0) is 9.59 Å². The molecule has 6 heteroatoms. The van der Waals surface area contributed by atoms with Crippen LogP contribution >= 0.6 is 0 Å². The molecule has 2 aromatic rings. The first-order chi connectivity index (χ1) is 14.0. The number of primary amides is 1. The molecule has 152 valence electrons. The zero-order chi connectivity index (χ0) is 20.7. The Kier molecular flexibility index (Phi) is 5.04. The minimum Gasteiger partial charge on any atom is -0.369 e. The fourth-order valence-corrected chi connectivity index (χ4v) is 5.02. The number of hydrogen-bond acceptors (Lipinski definition) is 3. The summed E-state index contributed by atoms with van der Waals surface area (Å²) in [7, 11) is 0. The molecular formula is C23H28N4O2. The maximum atomic E-state index is 13.2. The molecule has 0 fully saturated rings. The van der Waals surface area contributed by atoms with Gasteiger partial charge < -0.3 is 15.6 Å². The summed E-state index contributed by atoms with van der Waals surface area (Å²) in [6.45, 7) is 10.4. The Balaban J connectivity index is 1.91. The van der Waals surface area contributed by atoms with Crippen molar-refractivity contribution in [3.8, 4) is 0 Å². The van der Waals surface area contributed by atoms with Crippen molar-refractivity contribution in [1.29, 1.82) is 0 Å². The highest BCUT2D eigenvalue weighted by molar-refractivity contribution is 6.05. The van der Waals surface area contributed by atoms with Gasteiger partial charge in [-0.1, -0.05) is 24.3 Å². The van der Waals surface area contributed by atoms with Gasteiger partial charge >= 0.3 is 0 Å². The van der Waals surface area contributed by atoms with Gasteiger partial charge in [0, 0.05) is 43.3 Å². The lowest BCUT2D eigenvalue weighted by molar-refractivity contribution is -0.134. The van der Waals surface area contributed by atoms with E-state index in [4.69, 9.17) is 5.73 Å². The van der Waals surface area contributed by atoms with Crippen LogP contribution in [-0.4, -0.2) is 58.8 Å². The van der Waals surface area contributed by atoms with Gasteiger partial charge in [0.1, 0.15) is 0 Å². The number of nitrogens with zero attached hydrogens (tertiary/aromatic N) is 2. The molecule has 2 aliphatic rings. The number of benzene rings is 1. The van der Waals surface area contributed by atoms with E-state index in [0.29, 0.717) is 26.2 Å². The summed E-state index contributed by atoms with van der Waals surface area (Å²) < 4.78 is 0. The molecule has 1 aliphatic carbocycles. The largest absolute Gasteiger partial charge is 0.369 e. The Morgan fingerprint density at radius 3 is 2.76 bits per heavy atom. The predicted molar refractivity (Wildman–Crippen MR) is 115 cm³/mol. The third-order valence-corrected chi connectivity index (χ3v) is 6.28. The Morgan fingerprint density at radius 1 is 1.34 bits per heavy atom. The molecule has 2 unspecified atom stereocenters. The monoisotopic (exact) mass is 392 g/mol. The number of hydrogen-bond donors (Lipinski definition) is 2. The molecule has 1 aromatic carbocycles. The van der Waals surface area contributed by atoms with E-state index < -0.39 is 5.92 Å². The summed E-state index contributed by atoms with van der Waals surface area (Å²) in [5.41, 5.74) is 9.92. The molecule has 29 heavy (non-hydrogen) atoms. The van der Waals surface area contributed by atoms with Gasteiger partial charge in [-0.25, -0.2) is 0 Å². The van der Waals surface area contributed by atoms with Gasteiger partial charge in [-0.05, 0) is 36.6 Å². The maximum Gasteiger partial charge on any atom is 0.230 e.